The van der Waals surface area contributed by atoms with Gasteiger partial charge in [-0.25, -0.2) is 0 Å². The maximum Gasteiger partial charge on any atom is 0.120 e. The van der Waals surface area contributed by atoms with Crippen LogP contribution in [0, 0.1) is 0 Å². The number of fused-ring (bicyclic) bond motifs is 8. The number of hydrogen-bond donors (Lipinski definition) is 2. The molecule has 11 rings (SSSR count). The van der Waals surface area contributed by atoms with Gasteiger partial charge in [0, 0.05) is 12.0 Å². The highest BCUT2D eigenvalue weighted by Crippen LogP contribution is 2.54. The molecule has 0 saturated heterocycles. The molecule has 2 aliphatic carbocycles. The lowest BCUT2D eigenvalue weighted by Crippen LogP contribution is -2.27. The van der Waals surface area contributed by atoms with Gasteiger partial charge in [-0.2, -0.15) is 0 Å². The molecule has 0 fully saturated rings. The summed E-state index contributed by atoms with van der Waals surface area (Å²) in [6.07, 6.45) is 0.476. The molecule has 0 bridgehead atoms. The van der Waals surface area contributed by atoms with Crippen LogP contribution in [0.4, 0.5) is 0 Å². The van der Waals surface area contributed by atoms with E-state index in [1.165, 1.54) is 5.39 Å². The zero-order valence-electron chi connectivity index (χ0n) is 31.0. The predicted octanol–water partition coefficient (Wildman–Crippen LogP) is 12.7. The smallest absolute Gasteiger partial charge is 0.120 e. The van der Waals surface area contributed by atoms with E-state index in [2.05, 4.69) is 170 Å². The highest BCUT2D eigenvalue weighted by Gasteiger charge is 2.42. The van der Waals surface area contributed by atoms with Gasteiger partial charge in [0.15, 0.2) is 0 Å². The summed E-state index contributed by atoms with van der Waals surface area (Å²) in [5, 5.41) is 29.4. The summed E-state index contributed by atoms with van der Waals surface area (Å²) in [7, 11) is 0. The van der Waals surface area contributed by atoms with Crippen LogP contribution in [0.15, 0.2) is 188 Å². The van der Waals surface area contributed by atoms with Gasteiger partial charge >= 0.3 is 0 Å². The molecular weight excluding hydrogens is 681 g/mol. The van der Waals surface area contributed by atoms with Crippen molar-refractivity contribution < 1.29 is 10.2 Å². The van der Waals surface area contributed by atoms with Crippen LogP contribution in [0.2, 0.25) is 0 Å². The van der Waals surface area contributed by atoms with Crippen LogP contribution in [0.1, 0.15) is 34.7 Å². The van der Waals surface area contributed by atoms with E-state index in [0.717, 1.165) is 99.6 Å². The molecule has 2 nitrogen and oxygen atoms in total. The maximum atomic E-state index is 12.6. The van der Waals surface area contributed by atoms with Crippen molar-refractivity contribution in [2.24, 2.45) is 0 Å². The lowest BCUT2D eigenvalue weighted by molar-refractivity contribution is 0.0861. The molecule has 2 heteroatoms. The van der Waals surface area contributed by atoms with Gasteiger partial charge in [-0.15, -0.1) is 0 Å². The van der Waals surface area contributed by atoms with Crippen molar-refractivity contribution >= 4 is 21.5 Å². The lowest BCUT2D eigenvalue weighted by atomic mass is 9.83. The highest BCUT2D eigenvalue weighted by molar-refractivity contribution is 6.05. The van der Waals surface area contributed by atoms with E-state index in [-0.39, 0.29) is 0 Å². The minimum atomic E-state index is -1.14. The van der Waals surface area contributed by atoms with E-state index < -0.39 is 11.2 Å². The molecule has 9 aromatic rings. The van der Waals surface area contributed by atoms with E-state index in [0.29, 0.717) is 6.42 Å². The topological polar surface area (TPSA) is 40.5 Å². The van der Waals surface area contributed by atoms with Gasteiger partial charge in [-0.1, -0.05) is 164 Å². The van der Waals surface area contributed by atoms with Crippen molar-refractivity contribution in [2.75, 3.05) is 0 Å². The normalized spacial score (nSPS) is 17.8. The molecule has 9 aromatic carbocycles. The second-order valence-electron chi connectivity index (χ2n) is 15.7. The van der Waals surface area contributed by atoms with Crippen molar-refractivity contribution in [3.8, 4) is 55.6 Å². The molecule has 56 heavy (non-hydrogen) atoms. The molecule has 0 amide bonds. The van der Waals surface area contributed by atoms with Crippen molar-refractivity contribution in [2.45, 2.75) is 24.5 Å². The van der Waals surface area contributed by atoms with Crippen LogP contribution in [-0.4, -0.2) is 10.2 Å². The third-order valence-electron chi connectivity index (χ3n) is 12.4. The first kappa shape index (κ1) is 32.8. The Balaban J connectivity index is 0.939. The summed E-state index contributed by atoms with van der Waals surface area (Å²) in [6.45, 7) is 1.93. The van der Waals surface area contributed by atoms with Crippen molar-refractivity contribution in [1.29, 1.82) is 0 Å². The summed E-state index contributed by atoms with van der Waals surface area (Å²) in [4.78, 5) is 0. The summed E-state index contributed by atoms with van der Waals surface area (Å²) in [5.74, 6) is 0. The van der Waals surface area contributed by atoms with Gasteiger partial charge in [0.05, 0.1) is 0 Å². The molecule has 0 spiro atoms. The molecule has 0 aromatic heterocycles. The maximum absolute atomic E-state index is 12.6. The largest absolute Gasteiger partial charge is 0.381 e. The Kier molecular flexibility index (Phi) is 7.16. The van der Waals surface area contributed by atoms with Gasteiger partial charge in [0.1, 0.15) is 11.2 Å². The molecule has 266 valence electrons. The molecule has 0 saturated carbocycles. The highest BCUT2D eigenvalue weighted by atomic mass is 16.3. The van der Waals surface area contributed by atoms with E-state index in [1.807, 2.05) is 25.1 Å². The van der Waals surface area contributed by atoms with E-state index in [1.54, 1.807) is 0 Å². The fourth-order valence-electron chi connectivity index (χ4n) is 9.73. The second kappa shape index (κ2) is 12.2. The first-order chi connectivity index (χ1) is 27.4. The average Bonchev–Trinajstić information content (AvgIpc) is 3.62. The minimum absolute atomic E-state index is 0.476. The number of benzene rings is 9. The quantitative estimate of drug-likeness (QED) is 0.186. The van der Waals surface area contributed by atoms with Gasteiger partial charge in [-0.05, 0) is 131 Å². The van der Waals surface area contributed by atoms with Crippen LogP contribution >= 0.6 is 0 Å². The zero-order valence-corrected chi connectivity index (χ0v) is 31.0. The molecule has 2 atom stereocenters. The van der Waals surface area contributed by atoms with Crippen molar-refractivity contribution in [3.05, 3.63) is 216 Å². The molecule has 0 heterocycles. The molecule has 0 aliphatic heterocycles. The first-order valence-electron chi connectivity index (χ1n) is 19.4. The molecule has 0 radical (unpaired) electrons. The van der Waals surface area contributed by atoms with E-state index >= 15 is 0 Å². The second-order valence-corrected chi connectivity index (χ2v) is 15.7. The first-order valence-corrected chi connectivity index (χ1v) is 19.4. The molecule has 2 N–H and O–H groups in total. The summed E-state index contributed by atoms with van der Waals surface area (Å²) in [6, 6.07) is 66.2. The SMILES string of the molecule is CC1(O)c2ccccc2-c2cc3ccccc3c(-c3cccc(-c4ccc(-c5cccc(CC6(O)c7ccccc7-c7cc8ccccc8cc76)c5)cc4)c3)c21. The van der Waals surface area contributed by atoms with Gasteiger partial charge < -0.3 is 10.2 Å². The number of hydrogen-bond acceptors (Lipinski definition) is 2. The van der Waals surface area contributed by atoms with Gasteiger partial charge in [0.25, 0.3) is 0 Å². The van der Waals surface area contributed by atoms with Gasteiger partial charge in [0.2, 0.25) is 0 Å². The van der Waals surface area contributed by atoms with Crippen molar-refractivity contribution in [3.63, 3.8) is 0 Å². The average molecular weight is 719 g/mol. The third kappa shape index (κ3) is 4.90. The van der Waals surface area contributed by atoms with Crippen LogP contribution in [0.25, 0.3) is 77.2 Å². The Morgan fingerprint density at radius 2 is 0.946 bits per heavy atom. The zero-order chi connectivity index (χ0) is 37.6. The Labute approximate surface area is 326 Å². The van der Waals surface area contributed by atoms with E-state index in [4.69, 9.17) is 0 Å². The van der Waals surface area contributed by atoms with Crippen LogP contribution in [0.5, 0.6) is 0 Å². The van der Waals surface area contributed by atoms with Gasteiger partial charge in [-0.3, -0.25) is 0 Å². The predicted molar refractivity (Wildman–Crippen MR) is 230 cm³/mol. The molecular formula is C54H38O2. The Hall–Kier alpha value is -6.58. The molecule has 2 unspecified atom stereocenters. The summed E-state index contributed by atoms with van der Waals surface area (Å²) < 4.78 is 0. The Bertz CT molecular complexity index is 3040. The summed E-state index contributed by atoms with van der Waals surface area (Å²) >= 11 is 0. The number of rotatable bonds is 5. The lowest BCUT2D eigenvalue weighted by Gasteiger charge is -2.26. The molecule has 2 aliphatic rings. The standard InChI is InChI=1S/C54H38O2/c1-53(55)48-22-8-6-21-45(48)47-31-41-15-4-5-19-43(41)51(52(47)53)42-18-11-17-38(29-42)36-26-24-35(25-27-36)37-16-10-12-34(28-37)33-54(56)49-23-9-7-20-44(49)46-30-39-13-2-3-14-40(39)32-50(46)54/h2-32,55-56H,33H2,1H3. The summed E-state index contributed by atoms with van der Waals surface area (Å²) in [5.41, 5.74) is 13.7. The monoisotopic (exact) mass is 718 g/mol. The van der Waals surface area contributed by atoms with E-state index in [9.17, 15) is 10.2 Å². The minimum Gasteiger partial charge on any atom is -0.381 e. The number of aliphatic hydroxyl groups is 2. The van der Waals surface area contributed by atoms with Crippen LogP contribution in [-0.2, 0) is 17.6 Å². The van der Waals surface area contributed by atoms with Crippen LogP contribution < -0.4 is 0 Å². The Morgan fingerprint density at radius 3 is 1.70 bits per heavy atom. The van der Waals surface area contributed by atoms with Crippen LogP contribution in [0.3, 0.4) is 0 Å². The Morgan fingerprint density at radius 1 is 0.393 bits per heavy atom. The van der Waals surface area contributed by atoms with Crippen molar-refractivity contribution in [1.82, 2.24) is 0 Å². The third-order valence-corrected chi connectivity index (χ3v) is 12.4. The fraction of sp³-hybridized carbons (Fsp3) is 0.0741. The fourth-order valence-corrected chi connectivity index (χ4v) is 9.73.